The first-order chi connectivity index (χ1) is 13.5. The summed E-state index contributed by atoms with van der Waals surface area (Å²) in [4.78, 5) is 13.4. The molecular weight excluding hydrogens is 365 g/mol. The average molecular weight is 380 g/mol. The van der Waals surface area contributed by atoms with Gasteiger partial charge in [0, 0.05) is 12.1 Å². The van der Waals surface area contributed by atoms with Gasteiger partial charge < -0.3 is 5.32 Å². The molecule has 7 heteroatoms. The number of aromatic nitrogens is 3. The van der Waals surface area contributed by atoms with Crippen LogP contribution in [-0.2, 0) is 12.7 Å². The van der Waals surface area contributed by atoms with Crippen molar-refractivity contribution in [3.05, 3.63) is 84.1 Å². The lowest BCUT2D eigenvalue weighted by atomic mass is 10.1. The number of hydrogen-bond acceptors (Lipinski definition) is 4. The first kappa shape index (κ1) is 17.9. The normalized spacial score (nSPS) is 11.5. The van der Waals surface area contributed by atoms with Crippen molar-refractivity contribution in [3.63, 3.8) is 0 Å². The summed E-state index contributed by atoms with van der Waals surface area (Å²) in [6, 6.07) is 18.3. The maximum absolute atomic E-state index is 12.6. The maximum Gasteiger partial charge on any atom is 0.416 e. The van der Waals surface area contributed by atoms with E-state index in [4.69, 9.17) is 0 Å². The quantitative estimate of drug-likeness (QED) is 0.520. The van der Waals surface area contributed by atoms with Gasteiger partial charge in [0.1, 0.15) is 11.3 Å². The molecule has 4 aromatic rings. The number of halogens is 3. The number of pyridine rings is 1. The molecule has 0 radical (unpaired) electrons. The van der Waals surface area contributed by atoms with Crippen LogP contribution in [-0.4, -0.2) is 15.0 Å². The maximum atomic E-state index is 12.6. The van der Waals surface area contributed by atoms with Gasteiger partial charge in [0.2, 0.25) is 0 Å². The Morgan fingerprint density at radius 3 is 2.29 bits per heavy atom. The molecular formula is C21H15F3N4. The average Bonchev–Trinajstić information content (AvgIpc) is 2.72. The number of nitrogens with one attached hydrogen (secondary N) is 1. The zero-order chi connectivity index (χ0) is 19.6. The SMILES string of the molecule is FC(F)(F)c1ccc(CNc2ccc3ncc(-c4ccccc4)nc3n2)cc1. The lowest BCUT2D eigenvalue weighted by Gasteiger charge is -2.09. The molecule has 0 aliphatic heterocycles. The molecule has 0 aliphatic carbocycles. The van der Waals surface area contributed by atoms with Crippen LogP contribution in [0.25, 0.3) is 22.4 Å². The van der Waals surface area contributed by atoms with Crippen molar-refractivity contribution in [1.29, 1.82) is 0 Å². The van der Waals surface area contributed by atoms with Crippen LogP contribution in [0.3, 0.4) is 0 Å². The lowest BCUT2D eigenvalue weighted by molar-refractivity contribution is -0.137. The smallest absolute Gasteiger partial charge is 0.366 e. The monoisotopic (exact) mass is 380 g/mol. The Hall–Kier alpha value is -3.48. The summed E-state index contributed by atoms with van der Waals surface area (Å²) >= 11 is 0. The molecule has 2 heterocycles. The van der Waals surface area contributed by atoms with Crippen molar-refractivity contribution in [2.24, 2.45) is 0 Å². The number of benzene rings is 2. The molecule has 140 valence electrons. The molecule has 2 aromatic carbocycles. The third-order valence-corrected chi connectivity index (χ3v) is 4.23. The fourth-order valence-corrected chi connectivity index (χ4v) is 2.75. The highest BCUT2D eigenvalue weighted by atomic mass is 19.4. The zero-order valence-corrected chi connectivity index (χ0v) is 14.6. The lowest BCUT2D eigenvalue weighted by Crippen LogP contribution is -2.06. The first-order valence-corrected chi connectivity index (χ1v) is 8.58. The van der Waals surface area contributed by atoms with Crippen LogP contribution in [0.15, 0.2) is 72.9 Å². The van der Waals surface area contributed by atoms with E-state index < -0.39 is 11.7 Å². The standard InChI is InChI=1S/C21H15F3N4/c22-21(23,24)16-8-6-14(7-9-16)12-26-19-11-10-17-20(28-19)27-18(13-25-17)15-4-2-1-3-5-15/h1-11,13H,12H2,(H,26,27,28). The highest BCUT2D eigenvalue weighted by molar-refractivity contribution is 5.75. The summed E-state index contributed by atoms with van der Waals surface area (Å²) in [6.45, 7) is 0.350. The van der Waals surface area contributed by atoms with Gasteiger partial charge in [-0.05, 0) is 29.8 Å². The number of rotatable bonds is 4. The van der Waals surface area contributed by atoms with Gasteiger partial charge in [-0.15, -0.1) is 0 Å². The second-order valence-corrected chi connectivity index (χ2v) is 6.21. The van der Waals surface area contributed by atoms with Crippen molar-refractivity contribution < 1.29 is 13.2 Å². The predicted molar refractivity (Wildman–Crippen MR) is 102 cm³/mol. The van der Waals surface area contributed by atoms with Crippen LogP contribution in [0.2, 0.25) is 0 Å². The van der Waals surface area contributed by atoms with E-state index in [0.717, 1.165) is 29.0 Å². The van der Waals surface area contributed by atoms with E-state index in [9.17, 15) is 13.2 Å². The first-order valence-electron chi connectivity index (χ1n) is 8.58. The fourth-order valence-electron chi connectivity index (χ4n) is 2.75. The van der Waals surface area contributed by atoms with E-state index >= 15 is 0 Å². The summed E-state index contributed by atoms with van der Waals surface area (Å²) in [7, 11) is 0. The van der Waals surface area contributed by atoms with Gasteiger partial charge in [0.15, 0.2) is 5.65 Å². The van der Waals surface area contributed by atoms with Gasteiger partial charge in [-0.25, -0.2) is 9.97 Å². The molecule has 4 nitrogen and oxygen atoms in total. The van der Waals surface area contributed by atoms with E-state index in [1.54, 1.807) is 18.3 Å². The van der Waals surface area contributed by atoms with Crippen molar-refractivity contribution in [2.75, 3.05) is 5.32 Å². The molecule has 0 fully saturated rings. The third-order valence-electron chi connectivity index (χ3n) is 4.23. The topological polar surface area (TPSA) is 50.7 Å². The molecule has 2 aromatic heterocycles. The van der Waals surface area contributed by atoms with Crippen molar-refractivity contribution >= 4 is 17.0 Å². The Morgan fingerprint density at radius 1 is 0.821 bits per heavy atom. The zero-order valence-electron chi connectivity index (χ0n) is 14.6. The number of fused-ring (bicyclic) bond motifs is 1. The van der Waals surface area contributed by atoms with E-state index in [1.165, 1.54) is 12.1 Å². The molecule has 1 N–H and O–H groups in total. The number of alkyl halides is 3. The minimum Gasteiger partial charge on any atom is -0.366 e. The van der Waals surface area contributed by atoms with Crippen LogP contribution >= 0.6 is 0 Å². The summed E-state index contributed by atoms with van der Waals surface area (Å²) in [5, 5.41) is 3.11. The van der Waals surface area contributed by atoms with Gasteiger partial charge in [-0.1, -0.05) is 42.5 Å². The molecule has 4 rings (SSSR count). The van der Waals surface area contributed by atoms with Crippen molar-refractivity contribution in [2.45, 2.75) is 12.7 Å². The van der Waals surface area contributed by atoms with Gasteiger partial charge in [0.05, 0.1) is 17.5 Å². The second-order valence-electron chi connectivity index (χ2n) is 6.21. The third kappa shape index (κ3) is 3.93. The number of nitrogens with zero attached hydrogens (tertiary/aromatic N) is 3. The molecule has 0 bridgehead atoms. The van der Waals surface area contributed by atoms with Gasteiger partial charge in [-0.3, -0.25) is 4.98 Å². The van der Waals surface area contributed by atoms with Crippen LogP contribution in [0, 0.1) is 0 Å². The van der Waals surface area contributed by atoms with Crippen LogP contribution in [0.5, 0.6) is 0 Å². The van der Waals surface area contributed by atoms with E-state index in [0.29, 0.717) is 23.5 Å². The molecule has 0 spiro atoms. The van der Waals surface area contributed by atoms with Crippen molar-refractivity contribution in [1.82, 2.24) is 15.0 Å². The molecule has 0 saturated heterocycles. The Kier molecular flexibility index (Phi) is 4.65. The molecule has 0 saturated carbocycles. The van der Waals surface area contributed by atoms with Gasteiger partial charge >= 0.3 is 6.18 Å². The van der Waals surface area contributed by atoms with E-state index in [1.807, 2.05) is 30.3 Å². The Bertz CT molecular complexity index is 1090. The molecule has 0 unspecified atom stereocenters. The largest absolute Gasteiger partial charge is 0.416 e. The summed E-state index contributed by atoms with van der Waals surface area (Å²) in [5.74, 6) is 0.576. The Morgan fingerprint density at radius 2 is 1.57 bits per heavy atom. The predicted octanol–water partition coefficient (Wildman–Crippen LogP) is 5.32. The van der Waals surface area contributed by atoms with Crippen LogP contribution in [0.1, 0.15) is 11.1 Å². The number of hydrogen-bond donors (Lipinski definition) is 1. The van der Waals surface area contributed by atoms with Gasteiger partial charge in [-0.2, -0.15) is 13.2 Å². The highest BCUT2D eigenvalue weighted by Gasteiger charge is 2.29. The molecule has 0 amide bonds. The van der Waals surface area contributed by atoms with Crippen LogP contribution in [0.4, 0.5) is 19.0 Å². The summed E-state index contributed by atoms with van der Waals surface area (Å²) in [6.07, 6.45) is -2.63. The molecule has 0 atom stereocenters. The highest BCUT2D eigenvalue weighted by Crippen LogP contribution is 2.29. The summed E-state index contributed by atoms with van der Waals surface area (Å²) in [5.41, 5.74) is 2.89. The number of anilines is 1. The molecule has 0 aliphatic rings. The van der Waals surface area contributed by atoms with Crippen molar-refractivity contribution in [3.8, 4) is 11.3 Å². The van der Waals surface area contributed by atoms with Crippen LogP contribution < -0.4 is 5.32 Å². The Labute approximate surface area is 159 Å². The van der Waals surface area contributed by atoms with E-state index in [-0.39, 0.29) is 0 Å². The minimum absolute atomic E-state index is 0.350. The van der Waals surface area contributed by atoms with E-state index in [2.05, 4.69) is 20.3 Å². The second kappa shape index (κ2) is 7.26. The summed E-state index contributed by atoms with van der Waals surface area (Å²) < 4.78 is 37.9. The molecule has 28 heavy (non-hydrogen) atoms. The minimum atomic E-state index is -4.33. The fraction of sp³-hybridized carbons (Fsp3) is 0.0952. The van der Waals surface area contributed by atoms with Gasteiger partial charge in [0.25, 0.3) is 0 Å². The Balaban J connectivity index is 1.52.